The molecule has 0 atom stereocenters. The molecule has 0 unspecified atom stereocenters. The van der Waals surface area contributed by atoms with Crippen LogP contribution in [-0.4, -0.2) is 13.2 Å². The van der Waals surface area contributed by atoms with Crippen LogP contribution in [0.2, 0.25) is 0 Å². The number of hydrogen-bond donors (Lipinski definition) is 0. The zero-order valence-electron chi connectivity index (χ0n) is 9.41. The summed E-state index contributed by atoms with van der Waals surface area (Å²) < 4.78 is 5.47. The lowest BCUT2D eigenvalue weighted by molar-refractivity contribution is 0.195. The minimum atomic E-state index is 0.659. The molecule has 2 aromatic rings. The third-order valence-electron chi connectivity index (χ3n) is 2.08. The lowest BCUT2D eigenvalue weighted by Crippen LogP contribution is -1.89. The lowest BCUT2D eigenvalue weighted by atomic mass is 10.4. The standard InChI is InChI=1S/C14H14OS2/c1(5-13-7-3-11-16-13)9-15-10-2-6-14-8-4-12-17-14/h1-8,11-12H,9-10H2. The number of hydrogen-bond acceptors (Lipinski definition) is 3. The third kappa shape index (κ3) is 4.69. The smallest absolute Gasteiger partial charge is 0.0655 e. The van der Waals surface area contributed by atoms with Crippen LogP contribution >= 0.6 is 22.7 Å². The van der Waals surface area contributed by atoms with Gasteiger partial charge in [-0.25, -0.2) is 0 Å². The fourth-order valence-electron chi connectivity index (χ4n) is 1.30. The highest BCUT2D eigenvalue weighted by atomic mass is 32.1. The molecule has 3 heteroatoms. The van der Waals surface area contributed by atoms with Gasteiger partial charge in [0.15, 0.2) is 0 Å². The fraction of sp³-hybridized carbons (Fsp3) is 0.143. The summed E-state index contributed by atoms with van der Waals surface area (Å²) in [4.78, 5) is 2.53. The average Bonchev–Trinajstić information content (AvgIpc) is 3.00. The van der Waals surface area contributed by atoms with Gasteiger partial charge in [0, 0.05) is 9.75 Å². The van der Waals surface area contributed by atoms with Crippen LogP contribution in [0.5, 0.6) is 0 Å². The van der Waals surface area contributed by atoms with Crippen LogP contribution in [0.3, 0.4) is 0 Å². The molecule has 2 heterocycles. The molecular weight excluding hydrogens is 248 g/mol. The highest BCUT2D eigenvalue weighted by Gasteiger charge is 1.86. The van der Waals surface area contributed by atoms with Crippen molar-refractivity contribution >= 4 is 34.8 Å². The Labute approximate surface area is 110 Å². The first-order valence-corrected chi connectivity index (χ1v) is 7.19. The Kier molecular flexibility index (Phi) is 5.23. The van der Waals surface area contributed by atoms with Crippen molar-refractivity contribution in [3.05, 3.63) is 56.9 Å². The molecule has 1 nitrogen and oxygen atoms in total. The number of rotatable bonds is 6. The molecule has 88 valence electrons. The van der Waals surface area contributed by atoms with Crippen LogP contribution in [0.15, 0.2) is 47.2 Å². The summed E-state index contributed by atoms with van der Waals surface area (Å²) in [5, 5.41) is 4.15. The predicted octanol–water partition coefficient (Wildman–Crippen LogP) is 4.55. The van der Waals surface area contributed by atoms with E-state index in [0.29, 0.717) is 13.2 Å². The van der Waals surface area contributed by atoms with E-state index < -0.39 is 0 Å². The van der Waals surface area contributed by atoms with Gasteiger partial charge in [-0.05, 0) is 35.0 Å². The molecule has 0 saturated carbocycles. The van der Waals surface area contributed by atoms with E-state index in [1.165, 1.54) is 9.75 Å². The maximum absolute atomic E-state index is 5.47. The Bertz CT molecular complexity index is 408. The minimum absolute atomic E-state index is 0.659. The molecule has 0 aliphatic carbocycles. The first kappa shape index (κ1) is 12.3. The summed E-state index contributed by atoms with van der Waals surface area (Å²) in [5.41, 5.74) is 0. The van der Waals surface area contributed by atoms with Gasteiger partial charge in [0.25, 0.3) is 0 Å². The highest BCUT2D eigenvalue weighted by Crippen LogP contribution is 2.10. The van der Waals surface area contributed by atoms with E-state index >= 15 is 0 Å². The second kappa shape index (κ2) is 7.22. The molecule has 17 heavy (non-hydrogen) atoms. The SMILES string of the molecule is C(=Cc1cccs1)COCC=Cc1cccs1. The summed E-state index contributed by atoms with van der Waals surface area (Å²) in [6, 6.07) is 8.29. The molecule has 2 aromatic heterocycles. The first-order chi connectivity index (χ1) is 8.45. The van der Waals surface area contributed by atoms with Crippen molar-refractivity contribution in [2.75, 3.05) is 13.2 Å². The molecular formula is C14H14OS2. The van der Waals surface area contributed by atoms with Gasteiger partial charge in [0.05, 0.1) is 13.2 Å². The Hall–Kier alpha value is -1.16. The molecule has 0 radical (unpaired) electrons. The highest BCUT2D eigenvalue weighted by molar-refractivity contribution is 7.11. The maximum Gasteiger partial charge on any atom is 0.0655 e. The van der Waals surface area contributed by atoms with E-state index in [1.807, 2.05) is 12.2 Å². The van der Waals surface area contributed by atoms with Crippen molar-refractivity contribution in [1.82, 2.24) is 0 Å². The van der Waals surface area contributed by atoms with Gasteiger partial charge in [0.1, 0.15) is 0 Å². The van der Waals surface area contributed by atoms with Gasteiger partial charge in [-0.3, -0.25) is 0 Å². The van der Waals surface area contributed by atoms with Crippen molar-refractivity contribution < 1.29 is 4.74 Å². The van der Waals surface area contributed by atoms with E-state index in [4.69, 9.17) is 4.74 Å². The Balaban J connectivity index is 1.61. The van der Waals surface area contributed by atoms with Gasteiger partial charge in [-0.2, -0.15) is 0 Å². The van der Waals surface area contributed by atoms with Crippen molar-refractivity contribution in [1.29, 1.82) is 0 Å². The molecule has 0 bridgehead atoms. The first-order valence-electron chi connectivity index (χ1n) is 5.43. The molecule has 0 aliphatic heterocycles. The summed E-state index contributed by atoms with van der Waals surface area (Å²) in [7, 11) is 0. The summed E-state index contributed by atoms with van der Waals surface area (Å²) in [5.74, 6) is 0. The Morgan fingerprint density at radius 1 is 0.882 bits per heavy atom. The van der Waals surface area contributed by atoms with Gasteiger partial charge in [0.2, 0.25) is 0 Å². The normalized spacial score (nSPS) is 11.8. The van der Waals surface area contributed by atoms with Crippen LogP contribution in [0.4, 0.5) is 0 Å². The van der Waals surface area contributed by atoms with Crippen LogP contribution in [-0.2, 0) is 4.74 Å². The summed E-state index contributed by atoms with van der Waals surface area (Å²) in [6.07, 6.45) is 8.27. The van der Waals surface area contributed by atoms with Gasteiger partial charge in [-0.15, -0.1) is 22.7 Å². The second-order valence-corrected chi connectivity index (χ2v) is 5.33. The van der Waals surface area contributed by atoms with Gasteiger partial charge >= 0.3 is 0 Å². The average molecular weight is 262 g/mol. The zero-order valence-corrected chi connectivity index (χ0v) is 11.0. The molecule has 0 spiro atoms. The monoisotopic (exact) mass is 262 g/mol. The molecule has 0 aromatic carbocycles. The zero-order chi connectivity index (χ0) is 11.8. The molecule has 0 N–H and O–H groups in total. The van der Waals surface area contributed by atoms with E-state index in [2.05, 4.69) is 47.2 Å². The Morgan fingerprint density at radius 2 is 1.41 bits per heavy atom. The fourth-order valence-corrected chi connectivity index (χ4v) is 2.60. The molecule has 0 aliphatic rings. The van der Waals surface area contributed by atoms with Crippen molar-refractivity contribution in [2.24, 2.45) is 0 Å². The number of ether oxygens (including phenoxy) is 1. The van der Waals surface area contributed by atoms with Crippen LogP contribution in [0.25, 0.3) is 12.2 Å². The van der Waals surface area contributed by atoms with Crippen molar-refractivity contribution in [3.8, 4) is 0 Å². The lowest BCUT2D eigenvalue weighted by Gasteiger charge is -1.94. The van der Waals surface area contributed by atoms with E-state index in [1.54, 1.807) is 22.7 Å². The minimum Gasteiger partial charge on any atom is -0.373 e. The van der Waals surface area contributed by atoms with Crippen LogP contribution in [0, 0.1) is 0 Å². The van der Waals surface area contributed by atoms with Gasteiger partial charge < -0.3 is 4.74 Å². The van der Waals surface area contributed by atoms with Crippen molar-refractivity contribution in [2.45, 2.75) is 0 Å². The molecule has 0 saturated heterocycles. The predicted molar refractivity (Wildman–Crippen MR) is 77.5 cm³/mol. The quantitative estimate of drug-likeness (QED) is 0.694. The van der Waals surface area contributed by atoms with E-state index in [9.17, 15) is 0 Å². The summed E-state index contributed by atoms with van der Waals surface area (Å²) in [6.45, 7) is 1.32. The second-order valence-electron chi connectivity index (χ2n) is 3.37. The van der Waals surface area contributed by atoms with E-state index in [0.717, 1.165) is 0 Å². The van der Waals surface area contributed by atoms with Crippen molar-refractivity contribution in [3.63, 3.8) is 0 Å². The number of thiophene rings is 2. The molecule has 0 amide bonds. The van der Waals surface area contributed by atoms with E-state index in [-0.39, 0.29) is 0 Å². The largest absolute Gasteiger partial charge is 0.373 e. The topological polar surface area (TPSA) is 9.23 Å². The maximum atomic E-state index is 5.47. The van der Waals surface area contributed by atoms with Gasteiger partial charge in [-0.1, -0.05) is 24.3 Å². The Morgan fingerprint density at radius 3 is 1.82 bits per heavy atom. The molecule has 0 fully saturated rings. The van der Waals surface area contributed by atoms with Crippen LogP contribution < -0.4 is 0 Å². The third-order valence-corrected chi connectivity index (χ3v) is 3.75. The molecule has 2 rings (SSSR count). The summed E-state index contributed by atoms with van der Waals surface area (Å²) >= 11 is 3.47. The van der Waals surface area contributed by atoms with Crippen LogP contribution in [0.1, 0.15) is 9.75 Å².